The van der Waals surface area contributed by atoms with Gasteiger partial charge < -0.3 is 9.73 Å². The Labute approximate surface area is 114 Å². The highest BCUT2D eigenvalue weighted by atomic mass is 32.2. The van der Waals surface area contributed by atoms with Crippen molar-refractivity contribution in [2.75, 3.05) is 24.7 Å². The quantitative estimate of drug-likeness (QED) is 0.456. The highest BCUT2D eigenvalue weighted by molar-refractivity contribution is 7.88. The standard InChI is InChI=1S/C10H12N4O5S/c1-20(17,18)12-5-4-11-10-13-8-6-7(14(15)16)2-3-9(8)19-10/h2-3,6,12H,4-5H2,1H3,(H,11,13). The molecule has 0 aliphatic rings. The van der Waals surface area contributed by atoms with E-state index in [2.05, 4.69) is 15.0 Å². The number of nitrogens with one attached hydrogen (secondary N) is 2. The molecule has 0 spiro atoms. The van der Waals surface area contributed by atoms with E-state index in [4.69, 9.17) is 4.42 Å². The fourth-order valence-electron chi connectivity index (χ4n) is 1.51. The van der Waals surface area contributed by atoms with E-state index in [1.807, 2.05) is 0 Å². The molecule has 2 aromatic rings. The molecule has 0 aliphatic heterocycles. The fraction of sp³-hybridized carbons (Fsp3) is 0.300. The zero-order valence-electron chi connectivity index (χ0n) is 10.5. The van der Waals surface area contributed by atoms with Gasteiger partial charge in [-0.25, -0.2) is 13.1 Å². The third kappa shape index (κ3) is 3.65. The molecule has 9 nitrogen and oxygen atoms in total. The number of aromatic nitrogens is 1. The molecule has 10 heteroatoms. The van der Waals surface area contributed by atoms with E-state index < -0.39 is 14.9 Å². The lowest BCUT2D eigenvalue weighted by Gasteiger charge is -2.01. The Morgan fingerprint density at radius 2 is 2.15 bits per heavy atom. The van der Waals surface area contributed by atoms with Crippen molar-refractivity contribution in [1.82, 2.24) is 9.71 Å². The zero-order valence-corrected chi connectivity index (χ0v) is 11.3. The lowest BCUT2D eigenvalue weighted by atomic mass is 10.3. The highest BCUT2D eigenvalue weighted by Gasteiger charge is 2.11. The van der Waals surface area contributed by atoms with Crippen LogP contribution in [0.15, 0.2) is 22.6 Å². The second-order valence-corrected chi connectivity index (χ2v) is 5.85. The van der Waals surface area contributed by atoms with Gasteiger partial charge in [0.25, 0.3) is 11.7 Å². The molecule has 2 N–H and O–H groups in total. The van der Waals surface area contributed by atoms with Crippen molar-refractivity contribution >= 4 is 32.8 Å². The van der Waals surface area contributed by atoms with E-state index in [1.54, 1.807) is 0 Å². The van der Waals surface area contributed by atoms with Crippen LogP contribution < -0.4 is 10.0 Å². The van der Waals surface area contributed by atoms with E-state index in [1.165, 1.54) is 18.2 Å². The van der Waals surface area contributed by atoms with E-state index in [0.29, 0.717) is 11.1 Å². The van der Waals surface area contributed by atoms with E-state index >= 15 is 0 Å². The van der Waals surface area contributed by atoms with Crippen LogP contribution >= 0.6 is 0 Å². The molecule has 0 saturated heterocycles. The van der Waals surface area contributed by atoms with Crippen LogP contribution in [0.4, 0.5) is 11.7 Å². The third-order valence-electron chi connectivity index (χ3n) is 2.35. The summed E-state index contributed by atoms with van der Waals surface area (Å²) in [6.45, 7) is 0.458. The normalized spacial score (nSPS) is 11.7. The molecule has 0 aliphatic carbocycles. The number of sulfonamides is 1. The number of fused-ring (bicyclic) bond motifs is 1. The maximum Gasteiger partial charge on any atom is 0.295 e. The molecule has 0 amide bonds. The largest absolute Gasteiger partial charge is 0.424 e. The van der Waals surface area contributed by atoms with E-state index in [0.717, 1.165) is 6.26 Å². The van der Waals surface area contributed by atoms with Crippen molar-refractivity contribution in [2.24, 2.45) is 0 Å². The highest BCUT2D eigenvalue weighted by Crippen LogP contribution is 2.23. The molecule has 2 rings (SSSR count). The number of nitrogens with zero attached hydrogens (tertiary/aromatic N) is 2. The molecule has 0 saturated carbocycles. The number of benzene rings is 1. The molecule has 0 fully saturated rings. The summed E-state index contributed by atoms with van der Waals surface area (Å²) in [5, 5.41) is 13.4. The Balaban J connectivity index is 2.03. The maximum absolute atomic E-state index is 10.8. The Kier molecular flexibility index (Phi) is 3.86. The maximum atomic E-state index is 10.8. The first kappa shape index (κ1) is 14.2. The molecule has 20 heavy (non-hydrogen) atoms. The molecular formula is C10H12N4O5S. The Hall–Kier alpha value is -2.20. The first-order chi connectivity index (χ1) is 9.35. The fourth-order valence-corrected chi connectivity index (χ4v) is 1.98. The molecule has 1 aromatic heterocycles. The topological polar surface area (TPSA) is 127 Å². The minimum atomic E-state index is -3.23. The minimum Gasteiger partial charge on any atom is -0.424 e. The van der Waals surface area contributed by atoms with Crippen LogP contribution in [0.1, 0.15) is 0 Å². The summed E-state index contributed by atoms with van der Waals surface area (Å²) in [4.78, 5) is 14.1. The summed E-state index contributed by atoms with van der Waals surface area (Å²) in [6, 6.07) is 4.26. The van der Waals surface area contributed by atoms with Crippen molar-refractivity contribution in [3.63, 3.8) is 0 Å². The monoisotopic (exact) mass is 300 g/mol. The van der Waals surface area contributed by atoms with Gasteiger partial charge in [0.2, 0.25) is 10.0 Å². The Morgan fingerprint density at radius 3 is 2.80 bits per heavy atom. The van der Waals surface area contributed by atoms with Gasteiger partial charge in [-0.3, -0.25) is 10.1 Å². The zero-order chi connectivity index (χ0) is 14.8. The molecule has 0 atom stereocenters. The van der Waals surface area contributed by atoms with Crippen LogP contribution in [-0.2, 0) is 10.0 Å². The molecule has 108 valence electrons. The second kappa shape index (κ2) is 5.43. The van der Waals surface area contributed by atoms with Gasteiger partial charge in [-0.2, -0.15) is 4.98 Å². The smallest absolute Gasteiger partial charge is 0.295 e. The van der Waals surface area contributed by atoms with Crippen molar-refractivity contribution < 1.29 is 17.8 Å². The van der Waals surface area contributed by atoms with Crippen molar-refractivity contribution in [1.29, 1.82) is 0 Å². The average Bonchev–Trinajstić information content (AvgIpc) is 2.75. The number of hydrogen-bond acceptors (Lipinski definition) is 7. The number of rotatable bonds is 6. The Morgan fingerprint density at radius 1 is 1.40 bits per heavy atom. The summed E-state index contributed by atoms with van der Waals surface area (Å²) in [5.41, 5.74) is 0.697. The number of nitro groups is 1. The molecule has 1 aromatic carbocycles. The first-order valence-electron chi connectivity index (χ1n) is 5.59. The summed E-state index contributed by atoms with van der Waals surface area (Å²) < 4.78 is 29.3. The van der Waals surface area contributed by atoms with Gasteiger partial charge in [0.1, 0.15) is 5.52 Å². The number of anilines is 1. The number of oxazole rings is 1. The van der Waals surface area contributed by atoms with Gasteiger partial charge in [-0.1, -0.05) is 0 Å². The third-order valence-corrected chi connectivity index (χ3v) is 3.08. The van der Waals surface area contributed by atoms with Crippen LogP contribution in [0.3, 0.4) is 0 Å². The summed E-state index contributed by atoms with van der Waals surface area (Å²) in [5.74, 6) is 0. The molecule has 0 unspecified atom stereocenters. The van der Waals surface area contributed by atoms with Crippen LogP contribution in [0.2, 0.25) is 0 Å². The Bertz CT molecular complexity index is 739. The lowest BCUT2D eigenvalue weighted by molar-refractivity contribution is -0.384. The lowest BCUT2D eigenvalue weighted by Crippen LogP contribution is -2.27. The number of hydrogen-bond donors (Lipinski definition) is 2. The molecule has 1 heterocycles. The van der Waals surface area contributed by atoms with Crippen molar-refractivity contribution in [3.05, 3.63) is 28.3 Å². The van der Waals surface area contributed by atoms with Crippen LogP contribution in [0, 0.1) is 10.1 Å². The number of non-ortho nitro benzene ring substituents is 1. The SMILES string of the molecule is CS(=O)(=O)NCCNc1nc2cc([N+](=O)[O-])ccc2o1. The van der Waals surface area contributed by atoms with E-state index in [-0.39, 0.29) is 24.8 Å². The molecule has 0 bridgehead atoms. The minimum absolute atomic E-state index is 0.0731. The van der Waals surface area contributed by atoms with E-state index in [9.17, 15) is 18.5 Å². The molecule has 0 radical (unpaired) electrons. The predicted molar refractivity (Wildman–Crippen MR) is 72.0 cm³/mol. The van der Waals surface area contributed by atoms with Gasteiger partial charge >= 0.3 is 0 Å². The van der Waals surface area contributed by atoms with Gasteiger partial charge in [0.15, 0.2) is 5.58 Å². The summed E-state index contributed by atoms with van der Waals surface area (Å²) in [7, 11) is -3.23. The average molecular weight is 300 g/mol. The molecular weight excluding hydrogens is 288 g/mol. The van der Waals surface area contributed by atoms with Crippen molar-refractivity contribution in [2.45, 2.75) is 0 Å². The first-order valence-corrected chi connectivity index (χ1v) is 7.48. The van der Waals surface area contributed by atoms with Gasteiger partial charge in [0, 0.05) is 25.2 Å². The summed E-state index contributed by atoms with van der Waals surface area (Å²) >= 11 is 0. The predicted octanol–water partition coefficient (Wildman–Crippen LogP) is 0.697. The van der Waals surface area contributed by atoms with Gasteiger partial charge in [-0.05, 0) is 6.07 Å². The van der Waals surface area contributed by atoms with Crippen LogP contribution in [-0.4, -0.2) is 37.7 Å². The van der Waals surface area contributed by atoms with Crippen LogP contribution in [0.25, 0.3) is 11.1 Å². The second-order valence-electron chi connectivity index (χ2n) is 4.02. The van der Waals surface area contributed by atoms with Gasteiger partial charge in [-0.15, -0.1) is 0 Å². The summed E-state index contributed by atoms with van der Waals surface area (Å²) in [6.07, 6.45) is 1.06. The number of nitro benzene ring substituents is 1. The van der Waals surface area contributed by atoms with Gasteiger partial charge in [0.05, 0.1) is 11.2 Å². The van der Waals surface area contributed by atoms with Crippen LogP contribution in [0.5, 0.6) is 0 Å². The van der Waals surface area contributed by atoms with Crippen molar-refractivity contribution in [3.8, 4) is 0 Å².